The lowest BCUT2D eigenvalue weighted by Crippen LogP contribution is -2.59. The van der Waals surface area contributed by atoms with Gasteiger partial charge in [-0.2, -0.15) is 0 Å². The van der Waals surface area contributed by atoms with E-state index in [0.717, 1.165) is 31.6 Å². The fourth-order valence-corrected chi connectivity index (χ4v) is 6.50. The molecule has 180 valence electrons. The molecule has 0 radical (unpaired) electrons. The molecule has 33 heavy (non-hydrogen) atoms. The molecule has 5 rings (SSSR count). The van der Waals surface area contributed by atoms with Crippen LogP contribution in [0.25, 0.3) is 0 Å². The number of hydrogen-bond donors (Lipinski definition) is 3. The van der Waals surface area contributed by atoms with Crippen molar-refractivity contribution in [1.29, 1.82) is 0 Å². The lowest BCUT2D eigenvalue weighted by Gasteiger charge is -2.48. The first-order valence-electron chi connectivity index (χ1n) is 12.4. The molecule has 0 spiro atoms. The van der Waals surface area contributed by atoms with Gasteiger partial charge in [-0.1, -0.05) is 23.8 Å². The maximum Gasteiger partial charge on any atom is 0.137 e. The lowest BCUT2D eigenvalue weighted by atomic mass is 9.68. The van der Waals surface area contributed by atoms with Crippen molar-refractivity contribution in [1.82, 2.24) is 16.0 Å². The van der Waals surface area contributed by atoms with Crippen LogP contribution in [0.3, 0.4) is 0 Å². The molecule has 1 saturated heterocycles. The highest BCUT2D eigenvalue weighted by molar-refractivity contribution is 6.30. The number of allylic oxidation sites excluding steroid dienone is 3. The molecule has 0 aromatic rings. The third kappa shape index (κ3) is 5.11. The molecule has 3 heterocycles. The van der Waals surface area contributed by atoms with E-state index in [-0.39, 0.29) is 35.2 Å². The highest BCUT2D eigenvalue weighted by Crippen LogP contribution is 2.41. The van der Waals surface area contributed by atoms with Crippen LogP contribution in [0.1, 0.15) is 44.9 Å². The fraction of sp³-hybridized carbons (Fsp3) is 0.680. The van der Waals surface area contributed by atoms with E-state index < -0.39 is 0 Å². The van der Waals surface area contributed by atoms with E-state index in [0.29, 0.717) is 30.2 Å². The van der Waals surface area contributed by atoms with E-state index in [2.05, 4.69) is 27.0 Å². The highest BCUT2D eigenvalue weighted by atomic mass is 35.5. The molecule has 8 unspecified atom stereocenters. The molecule has 5 aliphatic rings. The first-order valence-corrected chi connectivity index (χ1v) is 12.8. The topological polar surface area (TPSA) is 70.0 Å². The Morgan fingerprint density at radius 3 is 2.94 bits per heavy atom. The van der Waals surface area contributed by atoms with E-state index in [1.807, 2.05) is 25.6 Å². The van der Waals surface area contributed by atoms with Gasteiger partial charge in [0.15, 0.2) is 0 Å². The average Bonchev–Trinajstić information content (AvgIpc) is 2.86. The number of fused-ring (bicyclic) bond motifs is 1. The average molecular weight is 476 g/mol. The van der Waals surface area contributed by atoms with Crippen molar-refractivity contribution >= 4 is 23.7 Å². The molecular weight excluding hydrogens is 441 g/mol. The highest BCUT2D eigenvalue weighted by Gasteiger charge is 2.44. The van der Waals surface area contributed by atoms with Crippen LogP contribution in [0.15, 0.2) is 45.3 Å². The predicted octanol–water partition coefficient (Wildman–Crippen LogP) is 4.01. The SMILES string of the molecule is COC1NCCCC1C1CCC2NC(C3C=NC=CC3)=NC(NC3C=CC(F)=C(Cl)C3)C2C1. The number of aliphatic imine (C=N–C) groups is 2. The summed E-state index contributed by atoms with van der Waals surface area (Å²) in [5.74, 6) is 2.37. The standard InChI is InChI=1S/C25H35ClFN5O/c1-33-25-18(5-3-11-29-25)15-6-9-22-19(12-15)24(30-17-7-8-21(27)20(26)13-17)32-23(31-22)16-4-2-10-28-14-16/h2,7-8,10,14-19,22,24-25,29-30H,3-6,9,11-13H2,1H3,(H,31,32). The number of methoxy groups -OCH3 is 1. The summed E-state index contributed by atoms with van der Waals surface area (Å²) in [6, 6.07) is 0.354. The Bertz CT molecular complexity index is 871. The summed E-state index contributed by atoms with van der Waals surface area (Å²) in [5.41, 5.74) is 0. The van der Waals surface area contributed by atoms with Crippen molar-refractivity contribution in [3.8, 4) is 0 Å². The van der Waals surface area contributed by atoms with Crippen LogP contribution in [-0.2, 0) is 4.74 Å². The minimum Gasteiger partial charge on any atom is -0.370 e. The van der Waals surface area contributed by atoms with Gasteiger partial charge in [0, 0.05) is 49.9 Å². The normalized spacial score (nSPS) is 40.9. The van der Waals surface area contributed by atoms with Gasteiger partial charge in [0.25, 0.3) is 0 Å². The van der Waals surface area contributed by atoms with Crippen LogP contribution >= 0.6 is 11.6 Å². The zero-order chi connectivity index (χ0) is 22.8. The summed E-state index contributed by atoms with van der Waals surface area (Å²) in [4.78, 5) is 9.53. The Balaban J connectivity index is 1.36. The van der Waals surface area contributed by atoms with E-state index in [9.17, 15) is 4.39 Å². The van der Waals surface area contributed by atoms with Gasteiger partial charge in [0.05, 0.1) is 11.0 Å². The second-order valence-corrected chi connectivity index (χ2v) is 10.4. The smallest absolute Gasteiger partial charge is 0.137 e. The molecule has 2 fully saturated rings. The summed E-state index contributed by atoms with van der Waals surface area (Å²) in [6.07, 6.45) is 16.6. The second-order valence-electron chi connectivity index (χ2n) is 9.98. The van der Waals surface area contributed by atoms with Crippen LogP contribution in [0, 0.1) is 23.7 Å². The number of piperidine rings is 1. The van der Waals surface area contributed by atoms with Crippen molar-refractivity contribution in [2.75, 3.05) is 13.7 Å². The number of hydrogen-bond acceptors (Lipinski definition) is 6. The Hall–Kier alpha value is -1.54. The van der Waals surface area contributed by atoms with Gasteiger partial charge in [-0.05, 0) is 57.1 Å². The van der Waals surface area contributed by atoms with Crippen molar-refractivity contribution in [3.05, 3.63) is 35.3 Å². The molecular formula is C25H35ClFN5O. The van der Waals surface area contributed by atoms with Gasteiger partial charge >= 0.3 is 0 Å². The van der Waals surface area contributed by atoms with Gasteiger partial charge in [0.1, 0.15) is 24.1 Å². The van der Waals surface area contributed by atoms with Gasteiger partial charge in [-0.3, -0.25) is 20.6 Å². The minimum absolute atomic E-state index is 0.0193. The van der Waals surface area contributed by atoms with Gasteiger partial charge in [-0.15, -0.1) is 0 Å². The summed E-state index contributed by atoms with van der Waals surface area (Å²) in [6.45, 7) is 1.03. The summed E-state index contributed by atoms with van der Waals surface area (Å²) in [7, 11) is 1.82. The van der Waals surface area contributed by atoms with Crippen molar-refractivity contribution < 1.29 is 9.13 Å². The monoisotopic (exact) mass is 475 g/mol. The molecule has 0 aromatic heterocycles. The number of nitrogens with one attached hydrogen (secondary N) is 3. The zero-order valence-corrected chi connectivity index (χ0v) is 20.0. The summed E-state index contributed by atoms with van der Waals surface area (Å²) >= 11 is 6.14. The Labute approximate surface area is 200 Å². The van der Waals surface area contributed by atoms with Crippen LogP contribution in [0.4, 0.5) is 4.39 Å². The first-order chi connectivity index (χ1) is 16.1. The number of amidine groups is 1. The lowest BCUT2D eigenvalue weighted by molar-refractivity contribution is -0.0339. The van der Waals surface area contributed by atoms with E-state index >= 15 is 0 Å². The Morgan fingerprint density at radius 1 is 1.24 bits per heavy atom. The Morgan fingerprint density at radius 2 is 2.15 bits per heavy atom. The van der Waals surface area contributed by atoms with Crippen molar-refractivity contribution in [3.63, 3.8) is 0 Å². The molecule has 0 aromatic carbocycles. The molecule has 2 aliphatic carbocycles. The maximum absolute atomic E-state index is 13.8. The van der Waals surface area contributed by atoms with E-state index in [4.69, 9.17) is 21.3 Å². The van der Waals surface area contributed by atoms with Crippen LogP contribution < -0.4 is 16.0 Å². The van der Waals surface area contributed by atoms with Crippen LogP contribution in [-0.4, -0.2) is 50.2 Å². The largest absolute Gasteiger partial charge is 0.370 e. The molecule has 6 nitrogen and oxygen atoms in total. The molecule has 3 aliphatic heterocycles. The maximum atomic E-state index is 13.8. The number of rotatable bonds is 5. The van der Waals surface area contributed by atoms with Crippen LogP contribution in [0.5, 0.6) is 0 Å². The van der Waals surface area contributed by atoms with E-state index in [1.54, 1.807) is 0 Å². The second kappa shape index (κ2) is 10.4. The van der Waals surface area contributed by atoms with Gasteiger partial charge in [0.2, 0.25) is 0 Å². The fourth-order valence-electron chi connectivity index (χ4n) is 6.27. The first kappa shape index (κ1) is 23.2. The molecule has 0 amide bonds. The predicted molar refractivity (Wildman–Crippen MR) is 131 cm³/mol. The number of halogens is 2. The van der Waals surface area contributed by atoms with E-state index in [1.165, 1.54) is 25.3 Å². The molecule has 8 atom stereocenters. The Kier molecular flexibility index (Phi) is 7.30. The molecule has 8 heteroatoms. The van der Waals surface area contributed by atoms with Crippen molar-refractivity contribution in [2.45, 2.75) is 69.4 Å². The third-order valence-electron chi connectivity index (χ3n) is 7.98. The zero-order valence-electron chi connectivity index (χ0n) is 19.2. The van der Waals surface area contributed by atoms with Crippen LogP contribution in [0.2, 0.25) is 0 Å². The molecule has 1 saturated carbocycles. The van der Waals surface area contributed by atoms with Gasteiger partial charge < -0.3 is 10.1 Å². The summed E-state index contributed by atoms with van der Waals surface area (Å²) in [5, 5.41) is 11.3. The molecule has 0 bridgehead atoms. The quantitative estimate of drug-likeness (QED) is 0.562. The van der Waals surface area contributed by atoms with Gasteiger partial charge in [-0.25, -0.2) is 4.39 Å². The molecule has 3 N–H and O–H groups in total. The summed E-state index contributed by atoms with van der Waals surface area (Å²) < 4.78 is 19.6. The minimum atomic E-state index is -0.333. The number of nitrogens with zero attached hydrogens (tertiary/aromatic N) is 2. The number of ether oxygens (including phenoxy) is 1. The third-order valence-corrected chi connectivity index (χ3v) is 8.32. The van der Waals surface area contributed by atoms with Crippen molar-refractivity contribution in [2.24, 2.45) is 33.7 Å².